The number of carbonyl (C=O) groups is 5. The molecule has 2 saturated carbocycles. The minimum Gasteiger partial charge on any atom is -0.507 e. The monoisotopic (exact) mass is 606 g/mol. The van der Waals surface area contributed by atoms with Gasteiger partial charge in [0.05, 0.1) is 28.9 Å². The Hall–Kier alpha value is -4.65. The fourth-order valence-corrected chi connectivity index (χ4v) is 7.45. The molecule has 0 saturated heterocycles. The largest absolute Gasteiger partial charge is 0.507 e. The molecule has 6 atom stereocenters. The standard InChI is InChI=1S/C29H34N8O7/c1-12-9-44-26(35-12)34-8-13-6-15(36(2)3)14-7-27(32)10-29(33)22(37(4)5)21(40)17(25(31)43)23(41)28(29,11-30)24(42)18(27)20(39)16(14)19(13)38/h6,9,17-18,22,38H,7-8,10,32-33H2,1-5H3,(H2,31,43)(H,34,35)/t17?,18?,22-,27-,28+,29-/m1/s1. The highest BCUT2D eigenvalue weighted by atomic mass is 16.4. The van der Waals surface area contributed by atoms with Gasteiger partial charge in [-0.25, -0.2) is 0 Å². The Balaban J connectivity index is 1.71. The van der Waals surface area contributed by atoms with Crippen LogP contribution in [0.25, 0.3) is 0 Å². The molecule has 44 heavy (non-hydrogen) atoms. The van der Waals surface area contributed by atoms with Gasteiger partial charge in [0, 0.05) is 37.4 Å². The van der Waals surface area contributed by atoms with E-state index >= 15 is 0 Å². The smallest absolute Gasteiger partial charge is 0.294 e. The number of hydrogen-bond donors (Lipinski definition) is 5. The average molecular weight is 607 g/mol. The molecule has 1 aromatic heterocycles. The molecule has 15 nitrogen and oxygen atoms in total. The summed E-state index contributed by atoms with van der Waals surface area (Å²) in [5.74, 6) is -10.2. The van der Waals surface area contributed by atoms with E-state index < -0.39 is 75.6 Å². The van der Waals surface area contributed by atoms with Gasteiger partial charge in [0.15, 0.2) is 34.5 Å². The first-order valence-corrected chi connectivity index (χ1v) is 13.8. The molecule has 0 aliphatic heterocycles. The van der Waals surface area contributed by atoms with Crippen molar-refractivity contribution in [2.45, 2.75) is 43.4 Å². The maximum absolute atomic E-state index is 14.5. The number of likely N-dealkylation sites (N-methyl/N-ethyl adjacent to an activating group) is 1. The van der Waals surface area contributed by atoms with E-state index in [4.69, 9.17) is 21.6 Å². The molecule has 5 rings (SSSR count). The number of aromatic hydroxyl groups is 1. The fraction of sp³-hybridized carbons (Fsp3) is 0.483. The van der Waals surface area contributed by atoms with E-state index in [-0.39, 0.29) is 30.1 Å². The van der Waals surface area contributed by atoms with Gasteiger partial charge >= 0.3 is 0 Å². The Labute approximate surface area is 252 Å². The third-order valence-electron chi connectivity index (χ3n) is 9.18. The van der Waals surface area contributed by atoms with Crippen LogP contribution in [0.1, 0.15) is 33.6 Å². The van der Waals surface area contributed by atoms with Gasteiger partial charge in [-0.2, -0.15) is 10.2 Å². The van der Waals surface area contributed by atoms with Crippen LogP contribution >= 0.6 is 0 Å². The zero-order valence-corrected chi connectivity index (χ0v) is 24.9. The minimum absolute atomic E-state index is 0.0149. The highest BCUT2D eigenvalue weighted by Crippen LogP contribution is 2.57. The molecule has 15 heteroatoms. The van der Waals surface area contributed by atoms with Gasteiger partial charge < -0.3 is 36.9 Å². The van der Waals surface area contributed by atoms with Crippen LogP contribution in [-0.2, 0) is 32.1 Å². The van der Waals surface area contributed by atoms with Crippen molar-refractivity contribution >= 4 is 40.7 Å². The van der Waals surface area contributed by atoms with Gasteiger partial charge in [-0.15, -0.1) is 0 Å². The second-order valence-electron chi connectivity index (χ2n) is 12.4. The Bertz CT molecular complexity index is 1690. The number of ketones is 4. The van der Waals surface area contributed by atoms with E-state index in [2.05, 4.69) is 10.3 Å². The van der Waals surface area contributed by atoms with Crippen LogP contribution in [0, 0.1) is 35.5 Å². The van der Waals surface area contributed by atoms with Gasteiger partial charge in [0.1, 0.15) is 17.9 Å². The van der Waals surface area contributed by atoms with Crippen LogP contribution in [0.4, 0.5) is 11.7 Å². The number of fused-ring (bicyclic) bond motifs is 3. The van der Waals surface area contributed by atoms with Crippen LogP contribution in [0.15, 0.2) is 16.7 Å². The minimum atomic E-state index is -2.81. The van der Waals surface area contributed by atoms with Crippen molar-refractivity contribution in [1.29, 1.82) is 5.26 Å². The Kier molecular flexibility index (Phi) is 6.96. The van der Waals surface area contributed by atoms with Crippen LogP contribution in [0.2, 0.25) is 0 Å². The molecule has 0 spiro atoms. The highest BCUT2D eigenvalue weighted by molar-refractivity contribution is 6.33. The third kappa shape index (κ3) is 3.91. The van der Waals surface area contributed by atoms with Crippen molar-refractivity contribution in [1.82, 2.24) is 9.88 Å². The topological polar surface area (TPSA) is 252 Å². The summed E-state index contributed by atoms with van der Waals surface area (Å²) in [6.07, 6.45) is 0.785. The van der Waals surface area contributed by atoms with Crippen molar-refractivity contribution in [3.63, 3.8) is 0 Å². The van der Waals surface area contributed by atoms with Crippen LogP contribution < -0.4 is 27.4 Å². The van der Waals surface area contributed by atoms with Crippen molar-refractivity contribution in [2.24, 2.45) is 34.5 Å². The third-order valence-corrected chi connectivity index (χ3v) is 9.18. The Morgan fingerprint density at radius 3 is 2.39 bits per heavy atom. The number of oxazole rings is 1. The summed E-state index contributed by atoms with van der Waals surface area (Å²) >= 11 is 0. The molecule has 3 aliphatic rings. The number of nitriles is 1. The quantitative estimate of drug-likeness (QED) is 0.242. The molecule has 1 aromatic carbocycles. The van der Waals surface area contributed by atoms with Crippen molar-refractivity contribution in [2.75, 3.05) is 38.4 Å². The number of amides is 1. The molecule has 0 radical (unpaired) electrons. The molecule has 2 fully saturated rings. The molecule has 8 N–H and O–H groups in total. The summed E-state index contributed by atoms with van der Waals surface area (Å²) in [4.78, 5) is 75.9. The van der Waals surface area contributed by atoms with Crippen molar-refractivity contribution < 1.29 is 33.5 Å². The van der Waals surface area contributed by atoms with Crippen molar-refractivity contribution in [3.8, 4) is 11.8 Å². The van der Waals surface area contributed by atoms with E-state index in [0.29, 0.717) is 16.9 Å². The normalized spacial score (nSPS) is 31.2. The van der Waals surface area contributed by atoms with Gasteiger partial charge in [-0.3, -0.25) is 28.9 Å². The predicted molar refractivity (Wildman–Crippen MR) is 154 cm³/mol. The summed E-state index contributed by atoms with van der Waals surface area (Å²) in [5, 5.41) is 24.9. The number of nitrogens with one attached hydrogen (secondary N) is 1. The first kappa shape index (κ1) is 30.8. The summed E-state index contributed by atoms with van der Waals surface area (Å²) in [6.45, 7) is 1.72. The first-order valence-electron chi connectivity index (χ1n) is 13.8. The summed E-state index contributed by atoms with van der Waals surface area (Å²) < 4.78 is 5.31. The van der Waals surface area contributed by atoms with Crippen molar-refractivity contribution in [3.05, 3.63) is 34.7 Å². The number of hydrogen-bond acceptors (Lipinski definition) is 14. The molecule has 232 valence electrons. The molecule has 0 bridgehead atoms. The maximum Gasteiger partial charge on any atom is 0.294 e. The lowest BCUT2D eigenvalue weighted by Crippen LogP contribution is -2.85. The van der Waals surface area contributed by atoms with Crippen LogP contribution in [0.5, 0.6) is 5.75 Å². The van der Waals surface area contributed by atoms with E-state index in [0.717, 1.165) is 0 Å². The number of Topliss-reactive ketones (excluding diaryl/α,β-unsaturated/α-hetero) is 4. The van der Waals surface area contributed by atoms with E-state index in [1.807, 2.05) is 0 Å². The SMILES string of the molecule is Cc1coc(NCc2cc(N(C)C)c3c(c2O)C(=O)C2C(=O)[C@]4(C#N)C(=O)C(C(N)=O)C(=O)[C@@H](N(C)C)[C@]4(N)C[C@]2(N)C3)n1. The number of phenols is 1. The van der Waals surface area contributed by atoms with E-state index in [1.54, 1.807) is 38.1 Å². The van der Waals surface area contributed by atoms with Gasteiger partial charge in [-0.05, 0) is 45.5 Å². The zero-order valence-electron chi connectivity index (χ0n) is 24.9. The number of anilines is 2. The van der Waals surface area contributed by atoms with E-state index in [9.17, 15) is 34.3 Å². The zero-order chi connectivity index (χ0) is 32.7. The van der Waals surface area contributed by atoms with Gasteiger partial charge in [-0.1, -0.05) is 0 Å². The number of aryl methyl sites for hydroxylation is 1. The average Bonchev–Trinajstić information content (AvgIpc) is 3.31. The van der Waals surface area contributed by atoms with Gasteiger partial charge in [0.2, 0.25) is 5.91 Å². The lowest BCUT2D eigenvalue weighted by Gasteiger charge is -2.60. The molecule has 3 aliphatic carbocycles. The van der Waals surface area contributed by atoms with Crippen LogP contribution in [0.3, 0.4) is 0 Å². The molecule has 1 heterocycles. The number of primary amides is 1. The van der Waals surface area contributed by atoms with Gasteiger partial charge in [0.25, 0.3) is 6.01 Å². The van der Waals surface area contributed by atoms with E-state index in [1.165, 1.54) is 25.3 Å². The number of phenolic OH excluding ortho intramolecular Hbond substituents is 1. The molecule has 2 aromatic rings. The summed E-state index contributed by atoms with van der Waals surface area (Å²) in [5.41, 5.74) is 13.9. The Morgan fingerprint density at radius 2 is 1.86 bits per heavy atom. The molecule has 1 amide bonds. The molecular weight excluding hydrogens is 572 g/mol. The molecular formula is C29H34N8O7. The number of benzene rings is 1. The number of nitrogens with two attached hydrogens (primary N) is 3. The summed E-state index contributed by atoms with van der Waals surface area (Å²) in [6, 6.07) is 2.07. The second kappa shape index (κ2) is 9.94. The van der Waals surface area contributed by atoms with Crippen LogP contribution in [-0.4, -0.2) is 89.3 Å². The fourth-order valence-electron chi connectivity index (χ4n) is 7.45. The molecule has 2 unspecified atom stereocenters. The number of aromatic nitrogens is 1. The number of rotatable bonds is 6. The predicted octanol–water partition coefficient (Wildman–Crippen LogP) is -1.22. The number of nitrogens with zero attached hydrogens (tertiary/aromatic N) is 4. The first-order chi connectivity index (χ1) is 20.5. The maximum atomic E-state index is 14.5. The number of carbonyl (C=O) groups excluding carboxylic acids is 5. The summed E-state index contributed by atoms with van der Waals surface area (Å²) in [7, 11) is 6.35. The highest BCUT2D eigenvalue weighted by Gasteiger charge is 2.78. The Morgan fingerprint density at radius 1 is 1.20 bits per heavy atom. The second-order valence-corrected chi connectivity index (χ2v) is 12.4. The lowest BCUT2D eigenvalue weighted by atomic mass is 9.42. The lowest BCUT2D eigenvalue weighted by molar-refractivity contribution is -0.166.